The van der Waals surface area contributed by atoms with Gasteiger partial charge in [0, 0.05) is 11.8 Å². The summed E-state index contributed by atoms with van der Waals surface area (Å²) >= 11 is 0. The fraction of sp³-hybridized carbons (Fsp3) is 0.300. The van der Waals surface area contributed by atoms with Crippen molar-refractivity contribution in [2.75, 3.05) is 7.11 Å². The van der Waals surface area contributed by atoms with Crippen molar-refractivity contribution in [3.63, 3.8) is 0 Å². The molecule has 0 heterocycles. The zero-order valence-corrected chi connectivity index (χ0v) is 16.1. The van der Waals surface area contributed by atoms with E-state index >= 15 is 0 Å². The van der Waals surface area contributed by atoms with Crippen LogP contribution in [0.3, 0.4) is 0 Å². The molecule has 0 saturated heterocycles. The molecule has 1 aromatic rings. The largest absolute Gasteiger partial charge is 0.496 e. The predicted molar refractivity (Wildman–Crippen MR) is 108 cm³/mol. The van der Waals surface area contributed by atoms with Crippen LogP contribution in [0.25, 0.3) is 5.70 Å². The molecular weight excluding hydrogens is 312 g/mol. The van der Waals surface area contributed by atoms with Crippen LogP contribution in [0.4, 0.5) is 0 Å². The standard InChI is InChI=1S/C20H28N4O/c1-13(2)9-10-22-18(7)24(23-17(6)21)16(5)19-11-14(3)15(4)20(12-19)25-8/h9-12H,5,7H2,1-4,6,8H3,(H2,21,23)/b22-10-. The quantitative estimate of drug-likeness (QED) is 0.455. The lowest BCUT2D eigenvalue weighted by Crippen LogP contribution is -2.19. The van der Waals surface area contributed by atoms with E-state index in [1.807, 2.05) is 45.9 Å². The second-order valence-corrected chi connectivity index (χ2v) is 6.06. The minimum absolute atomic E-state index is 0.385. The average Bonchev–Trinajstić information content (AvgIpc) is 2.53. The molecule has 0 aliphatic heterocycles. The van der Waals surface area contributed by atoms with E-state index in [9.17, 15) is 0 Å². The SMILES string of the molecule is C=C(/N=C\C=C(C)C)N(/N=C(\C)N)C(=C)c1cc(C)c(C)c(OC)c1. The molecule has 0 spiro atoms. The Morgan fingerprint density at radius 2 is 1.84 bits per heavy atom. The fourth-order valence-corrected chi connectivity index (χ4v) is 2.09. The molecule has 5 nitrogen and oxygen atoms in total. The van der Waals surface area contributed by atoms with Crippen molar-refractivity contribution in [1.82, 2.24) is 5.01 Å². The highest BCUT2D eigenvalue weighted by Crippen LogP contribution is 2.29. The number of hydrogen-bond acceptors (Lipinski definition) is 4. The molecule has 0 aliphatic carbocycles. The second kappa shape index (κ2) is 8.87. The monoisotopic (exact) mass is 340 g/mol. The number of benzene rings is 1. The molecule has 25 heavy (non-hydrogen) atoms. The van der Waals surface area contributed by atoms with E-state index in [1.54, 1.807) is 20.2 Å². The molecule has 0 unspecified atom stereocenters. The lowest BCUT2D eigenvalue weighted by Gasteiger charge is -2.22. The van der Waals surface area contributed by atoms with Gasteiger partial charge in [-0.25, -0.2) is 10.0 Å². The summed E-state index contributed by atoms with van der Waals surface area (Å²) in [4.78, 5) is 4.32. The summed E-state index contributed by atoms with van der Waals surface area (Å²) in [5.74, 6) is 1.60. The Hall–Kier alpha value is -2.82. The Balaban J connectivity index is 3.28. The van der Waals surface area contributed by atoms with E-state index in [0.29, 0.717) is 17.4 Å². The number of aliphatic imine (C=N–C) groups is 1. The molecule has 0 aliphatic rings. The molecule has 1 aromatic carbocycles. The van der Waals surface area contributed by atoms with E-state index in [2.05, 4.69) is 23.3 Å². The van der Waals surface area contributed by atoms with Crippen LogP contribution in [0.2, 0.25) is 0 Å². The maximum Gasteiger partial charge on any atom is 0.146 e. The van der Waals surface area contributed by atoms with Crippen molar-refractivity contribution in [2.24, 2.45) is 15.8 Å². The molecule has 0 amide bonds. The fourth-order valence-electron chi connectivity index (χ4n) is 2.09. The van der Waals surface area contributed by atoms with Crippen molar-refractivity contribution in [2.45, 2.75) is 34.6 Å². The Kier molecular flexibility index (Phi) is 7.18. The lowest BCUT2D eigenvalue weighted by atomic mass is 10.0. The molecule has 5 heteroatoms. The van der Waals surface area contributed by atoms with Crippen LogP contribution in [-0.4, -0.2) is 24.2 Å². The molecule has 0 atom stereocenters. The first-order valence-corrected chi connectivity index (χ1v) is 7.99. The highest BCUT2D eigenvalue weighted by atomic mass is 16.5. The average molecular weight is 340 g/mol. The number of hydrazone groups is 1. The zero-order valence-electron chi connectivity index (χ0n) is 16.1. The van der Waals surface area contributed by atoms with Crippen LogP contribution in [0.15, 0.2) is 52.9 Å². The number of nitrogens with zero attached hydrogens (tertiary/aromatic N) is 3. The van der Waals surface area contributed by atoms with Gasteiger partial charge >= 0.3 is 0 Å². The Morgan fingerprint density at radius 3 is 2.36 bits per heavy atom. The highest BCUT2D eigenvalue weighted by molar-refractivity contribution is 5.79. The summed E-state index contributed by atoms with van der Waals surface area (Å²) in [6.07, 6.45) is 3.57. The van der Waals surface area contributed by atoms with Gasteiger partial charge in [-0.3, -0.25) is 0 Å². The van der Waals surface area contributed by atoms with Crippen molar-refractivity contribution < 1.29 is 4.74 Å². The molecule has 0 aromatic heterocycles. The van der Waals surface area contributed by atoms with Crippen LogP contribution in [-0.2, 0) is 0 Å². The maximum absolute atomic E-state index is 5.77. The summed E-state index contributed by atoms with van der Waals surface area (Å²) in [6.45, 7) is 17.9. The van der Waals surface area contributed by atoms with Gasteiger partial charge in [0.2, 0.25) is 0 Å². The molecule has 134 valence electrons. The van der Waals surface area contributed by atoms with Gasteiger partial charge in [0.25, 0.3) is 0 Å². The number of methoxy groups -OCH3 is 1. The van der Waals surface area contributed by atoms with Crippen LogP contribution in [0.1, 0.15) is 37.5 Å². The first kappa shape index (κ1) is 20.2. The van der Waals surface area contributed by atoms with E-state index in [0.717, 1.165) is 28.0 Å². The molecule has 1 rings (SSSR count). The van der Waals surface area contributed by atoms with Gasteiger partial charge in [-0.05, 0) is 64.0 Å². The van der Waals surface area contributed by atoms with Gasteiger partial charge in [-0.15, -0.1) is 0 Å². The van der Waals surface area contributed by atoms with Gasteiger partial charge in [-0.1, -0.05) is 18.7 Å². The lowest BCUT2D eigenvalue weighted by molar-refractivity contribution is 0.411. The minimum Gasteiger partial charge on any atom is -0.496 e. The third-order valence-corrected chi connectivity index (χ3v) is 3.56. The third-order valence-electron chi connectivity index (χ3n) is 3.56. The van der Waals surface area contributed by atoms with E-state index in [-0.39, 0.29) is 0 Å². The van der Waals surface area contributed by atoms with Gasteiger partial charge < -0.3 is 10.5 Å². The van der Waals surface area contributed by atoms with Gasteiger partial charge in [0.1, 0.15) is 17.4 Å². The Labute approximate surface area is 150 Å². The number of aryl methyl sites for hydroxylation is 1. The summed E-state index contributed by atoms with van der Waals surface area (Å²) in [7, 11) is 1.65. The summed E-state index contributed by atoms with van der Waals surface area (Å²) in [6, 6.07) is 3.95. The van der Waals surface area contributed by atoms with E-state index in [4.69, 9.17) is 10.5 Å². The third kappa shape index (κ3) is 5.64. The van der Waals surface area contributed by atoms with Gasteiger partial charge in [0.15, 0.2) is 0 Å². The summed E-state index contributed by atoms with van der Waals surface area (Å²) in [5, 5.41) is 5.85. The van der Waals surface area contributed by atoms with Crippen molar-refractivity contribution in [1.29, 1.82) is 0 Å². The van der Waals surface area contributed by atoms with Crippen molar-refractivity contribution in [3.8, 4) is 5.75 Å². The Morgan fingerprint density at radius 1 is 1.20 bits per heavy atom. The van der Waals surface area contributed by atoms with Crippen LogP contribution in [0, 0.1) is 13.8 Å². The van der Waals surface area contributed by atoms with E-state index in [1.165, 1.54) is 5.01 Å². The highest BCUT2D eigenvalue weighted by Gasteiger charge is 2.15. The first-order valence-electron chi connectivity index (χ1n) is 7.99. The molecular formula is C20H28N4O. The number of allylic oxidation sites excluding steroid dienone is 2. The van der Waals surface area contributed by atoms with Crippen LogP contribution >= 0.6 is 0 Å². The van der Waals surface area contributed by atoms with Crippen LogP contribution < -0.4 is 10.5 Å². The second-order valence-electron chi connectivity index (χ2n) is 6.06. The van der Waals surface area contributed by atoms with Gasteiger partial charge in [0.05, 0.1) is 12.8 Å². The molecule has 2 N–H and O–H groups in total. The predicted octanol–water partition coefficient (Wildman–Crippen LogP) is 4.39. The van der Waals surface area contributed by atoms with Gasteiger partial charge in [-0.2, -0.15) is 5.10 Å². The summed E-state index contributed by atoms with van der Waals surface area (Å²) < 4.78 is 5.45. The number of nitrogens with two attached hydrogens (primary N) is 1. The molecule has 0 bridgehead atoms. The topological polar surface area (TPSA) is 63.2 Å². The summed E-state index contributed by atoms with van der Waals surface area (Å²) in [5.41, 5.74) is 10.6. The molecule has 0 fully saturated rings. The Bertz CT molecular complexity index is 749. The van der Waals surface area contributed by atoms with Crippen LogP contribution in [0.5, 0.6) is 5.75 Å². The minimum atomic E-state index is 0.385. The normalized spacial score (nSPS) is 11.4. The van der Waals surface area contributed by atoms with Crippen molar-refractivity contribution in [3.05, 3.63) is 59.5 Å². The molecule has 0 radical (unpaired) electrons. The number of hydrogen-bond donors (Lipinski definition) is 1. The van der Waals surface area contributed by atoms with E-state index < -0.39 is 0 Å². The molecule has 0 saturated carbocycles. The number of amidine groups is 1. The number of rotatable bonds is 7. The number of ether oxygens (including phenoxy) is 1. The van der Waals surface area contributed by atoms with Crippen molar-refractivity contribution >= 4 is 17.7 Å². The maximum atomic E-state index is 5.77. The zero-order chi connectivity index (χ0) is 19.1. The smallest absolute Gasteiger partial charge is 0.146 e. The first-order chi connectivity index (χ1) is 11.7.